The zero-order valence-corrected chi connectivity index (χ0v) is 15.2. The van der Waals surface area contributed by atoms with Gasteiger partial charge in [-0.2, -0.15) is 0 Å². The van der Waals surface area contributed by atoms with Crippen molar-refractivity contribution in [3.63, 3.8) is 0 Å². The highest BCUT2D eigenvalue weighted by atomic mass is 32.2. The molecule has 0 radical (unpaired) electrons. The molecule has 0 saturated carbocycles. The highest BCUT2D eigenvalue weighted by molar-refractivity contribution is 7.89. The number of hydrogen-bond donors (Lipinski definition) is 0. The zero-order valence-electron chi connectivity index (χ0n) is 14.4. The van der Waals surface area contributed by atoms with Crippen molar-refractivity contribution in [2.45, 2.75) is 25.3 Å². The number of aromatic nitrogens is 1. The minimum absolute atomic E-state index is 0.159. The van der Waals surface area contributed by atoms with E-state index in [9.17, 15) is 8.42 Å². The Morgan fingerprint density at radius 2 is 1.92 bits per heavy atom. The maximum atomic E-state index is 12.3. The van der Waals surface area contributed by atoms with Gasteiger partial charge in [0.1, 0.15) is 0 Å². The second kappa shape index (κ2) is 6.11. The molecule has 25 heavy (non-hydrogen) atoms. The zero-order chi connectivity index (χ0) is 17.5. The lowest BCUT2D eigenvalue weighted by atomic mass is 9.85. The first-order valence-corrected chi connectivity index (χ1v) is 10.4. The Bertz CT molecular complexity index is 869. The Hall–Kier alpha value is -1.92. The smallest absolute Gasteiger partial charge is 0.213 e. The summed E-state index contributed by atoms with van der Waals surface area (Å²) in [7, 11) is -3.15. The maximum Gasteiger partial charge on any atom is 0.213 e. The molecular weight excluding hydrogens is 334 g/mol. The lowest BCUT2D eigenvalue weighted by Crippen LogP contribution is -2.38. The lowest BCUT2D eigenvalue weighted by Gasteiger charge is -2.25. The summed E-state index contributed by atoms with van der Waals surface area (Å²) in [6.45, 7) is 4.48. The van der Waals surface area contributed by atoms with E-state index >= 15 is 0 Å². The van der Waals surface area contributed by atoms with Crippen LogP contribution in [0.4, 0.5) is 5.69 Å². The number of sulfonamides is 1. The standard InChI is InChI=1S/C19H23N3O2S/c1-2-25(23,24)22-12-10-19(15-22)14-21(13-16-7-4-3-5-8-16)17-9-6-11-20-18(17)19/h3-9,11H,2,10,12-15H2,1H3. The fourth-order valence-corrected chi connectivity index (χ4v) is 5.29. The van der Waals surface area contributed by atoms with Gasteiger partial charge in [0, 0.05) is 37.8 Å². The molecule has 0 amide bonds. The average molecular weight is 357 g/mol. The quantitative estimate of drug-likeness (QED) is 0.843. The van der Waals surface area contributed by atoms with E-state index < -0.39 is 10.0 Å². The minimum Gasteiger partial charge on any atom is -0.365 e. The Morgan fingerprint density at radius 3 is 2.68 bits per heavy atom. The van der Waals surface area contributed by atoms with E-state index in [0.29, 0.717) is 13.1 Å². The summed E-state index contributed by atoms with van der Waals surface area (Å²) >= 11 is 0. The molecule has 2 aliphatic heterocycles. The molecule has 5 nitrogen and oxygen atoms in total. The van der Waals surface area contributed by atoms with Crippen LogP contribution in [0.5, 0.6) is 0 Å². The van der Waals surface area contributed by atoms with Crippen molar-refractivity contribution in [3.8, 4) is 0 Å². The van der Waals surface area contributed by atoms with Gasteiger partial charge in [-0.15, -0.1) is 0 Å². The number of pyridine rings is 1. The molecule has 0 N–H and O–H groups in total. The van der Waals surface area contributed by atoms with Gasteiger partial charge in [0.2, 0.25) is 10.0 Å². The molecule has 4 rings (SSSR count). The number of fused-ring (bicyclic) bond motifs is 2. The van der Waals surface area contributed by atoms with E-state index in [2.05, 4.69) is 40.2 Å². The molecule has 1 aromatic carbocycles. The predicted octanol–water partition coefficient (Wildman–Crippen LogP) is 2.40. The molecule has 0 aliphatic carbocycles. The van der Waals surface area contributed by atoms with Gasteiger partial charge in [0.05, 0.1) is 17.1 Å². The number of nitrogens with zero attached hydrogens (tertiary/aromatic N) is 3. The normalized spacial score (nSPS) is 23.3. The van der Waals surface area contributed by atoms with Crippen molar-refractivity contribution in [1.29, 1.82) is 0 Å². The lowest BCUT2D eigenvalue weighted by molar-refractivity contribution is 0.425. The van der Waals surface area contributed by atoms with Gasteiger partial charge in [-0.3, -0.25) is 4.98 Å². The van der Waals surface area contributed by atoms with Crippen LogP contribution in [0.3, 0.4) is 0 Å². The molecule has 1 atom stereocenters. The van der Waals surface area contributed by atoms with Gasteiger partial charge < -0.3 is 4.90 Å². The van der Waals surface area contributed by atoms with Crippen molar-refractivity contribution < 1.29 is 8.42 Å². The summed E-state index contributed by atoms with van der Waals surface area (Å²) < 4.78 is 26.3. The number of hydrogen-bond acceptors (Lipinski definition) is 4. The van der Waals surface area contributed by atoms with Crippen molar-refractivity contribution in [2.24, 2.45) is 0 Å². The van der Waals surface area contributed by atoms with E-state index in [4.69, 9.17) is 0 Å². The van der Waals surface area contributed by atoms with Crippen LogP contribution in [-0.2, 0) is 22.0 Å². The van der Waals surface area contributed by atoms with Crippen molar-refractivity contribution in [1.82, 2.24) is 9.29 Å². The SMILES string of the molecule is CCS(=O)(=O)N1CCC2(CN(Cc3ccccc3)c3cccnc32)C1. The molecule has 1 aromatic heterocycles. The van der Waals surface area contributed by atoms with Gasteiger partial charge in [-0.1, -0.05) is 30.3 Å². The molecule has 6 heteroatoms. The van der Waals surface area contributed by atoms with Gasteiger partial charge in [0.25, 0.3) is 0 Å². The second-order valence-electron chi connectivity index (χ2n) is 6.98. The first-order valence-electron chi connectivity index (χ1n) is 8.76. The number of benzene rings is 1. The van der Waals surface area contributed by atoms with Crippen LogP contribution < -0.4 is 4.90 Å². The second-order valence-corrected chi connectivity index (χ2v) is 9.23. The molecule has 1 spiro atoms. The van der Waals surface area contributed by atoms with E-state index in [1.807, 2.05) is 18.3 Å². The van der Waals surface area contributed by atoms with Crippen LogP contribution >= 0.6 is 0 Å². The van der Waals surface area contributed by atoms with Gasteiger partial charge in [-0.25, -0.2) is 12.7 Å². The van der Waals surface area contributed by atoms with Gasteiger partial charge in [0.15, 0.2) is 0 Å². The molecule has 2 aromatic rings. The molecule has 0 bridgehead atoms. The average Bonchev–Trinajstić information content (AvgIpc) is 3.20. The maximum absolute atomic E-state index is 12.3. The summed E-state index contributed by atoms with van der Waals surface area (Å²) in [5.74, 6) is 0.159. The van der Waals surface area contributed by atoms with E-state index in [1.54, 1.807) is 11.2 Å². The first-order chi connectivity index (χ1) is 12.0. The highest BCUT2D eigenvalue weighted by Crippen LogP contribution is 2.46. The largest absolute Gasteiger partial charge is 0.365 e. The predicted molar refractivity (Wildman–Crippen MR) is 99.1 cm³/mol. The monoisotopic (exact) mass is 357 g/mol. The summed E-state index contributed by atoms with van der Waals surface area (Å²) in [5.41, 5.74) is 3.26. The highest BCUT2D eigenvalue weighted by Gasteiger charge is 2.50. The van der Waals surface area contributed by atoms with E-state index in [0.717, 1.165) is 30.9 Å². The van der Waals surface area contributed by atoms with Crippen molar-refractivity contribution in [2.75, 3.05) is 30.3 Å². The Labute approximate surface area is 149 Å². The van der Waals surface area contributed by atoms with Gasteiger partial charge >= 0.3 is 0 Å². The molecule has 2 aliphatic rings. The van der Waals surface area contributed by atoms with E-state index in [1.165, 1.54) is 5.56 Å². The summed E-state index contributed by atoms with van der Waals surface area (Å²) in [4.78, 5) is 7.01. The Balaban J connectivity index is 1.65. The fraction of sp³-hybridized carbons (Fsp3) is 0.421. The first kappa shape index (κ1) is 16.5. The third kappa shape index (κ3) is 2.83. The molecule has 3 heterocycles. The molecule has 132 valence electrons. The van der Waals surface area contributed by atoms with Crippen LogP contribution in [-0.4, -0.2) is 43.1 Å². The third-order valence-electron chi connectivity index (χ3n) is 5.42. The Kier molecular flexibility index (Phi) is 4.04. The number of rotatable bonds is 4. The van der Waals surface area contributed by atoms with Crippen molar-refractivity contribution >= 4 is 15.7 Å². The summed E-state index contributed by atoms with van der Waals surface area (Å²) in [6, 6.07) is 14.5. The fourth-order valence-electron chi connectivity index (χ4n) is 4.11. The summed E-state index contributed by atoms with van der Waals surface area (Å²) in [6.07, 6.45) is 2.66. The molecule has 1 unspecified atom stereocenters. The topological polar surface area (TPSA) is 53.5 Å². The molecular formula is C19H23N3O2S. The van der Waals surface area contributed by atoms with Crippen LogP contribution in [0.25, 0.3) is 0 Å². The van der Waals surface area contributed by atoms with E-state index in [-0.39, 0.29) is 11.2 Å². The van der Waals surface area contributed by atoms with Crippen LogP contribution in [0.1, 0.15) is 24.6 Å². The van der Waals surface area contributed by atoms with Gasteiger partial charge in [-0.05, 0) is 31.0 Å². The van der Waals surface area contributed by atoms with Crippen LogP contribution in [0.15, 0.2) is 48.7 Å². The molecule has 1 fully saturated rings. The van der Waals surface area contributed by atoms with Crippen LogP contribution in [0, 0.1) is 0 Å². The van der Waals surface area contributed by atoms with Crippen LogP contribution in [0.2, 0.25) is 0 Å². The minimum atomic E-state index is -3.15. The molecule has 1 saturated heterocycles. The third-order valence-corrected chi connectivity index (χ3v) is 7.24. The summed E-state index contributed by atoms with van der Waals surface area (Å²) in [5, 5.41) is 0. The van der Waals surface area contributed by atoms with Crippen molar-refractivity contribution in [3.05, 3.63) is 59.9 Å². The Morgan fingerprint density at radius 1 is 1.12 bits per heavy atom. The number of anilines is 1.